The maximum atomic E-state index is 9.44. The van der Waals surface area contributed by atoms with Gasteiger partial charge in [0.05, 0.1) is 18.2 Å². The number of aliphatic hydroxyl groups is 1. The van der Waals surface area contributed by atoms with Gasteiger partial charge < -0.3 is 25.3 Å². The Bertz CT molecular complexity index is 1080. The van der Waals surface area contributed by atoms with E-state index in [2.05, 4.69) is 50.1 Å². The normalized spacial score (nSPS) is 18.9. The number of nitrogens with one attached hydrogen (secondary N) is 1. The lowest BCUT2D eigenvalue weighted by atomic mass is 9.85. The molecule has 2 aromatic heterocycles. The monoisotopic (exact) mass is 425 g/mol. The Kier molecular flexibility index (Phi) is 5.51. The van der Waals surface area contributed by atoms with E-state index in [0.717, 1.165) is 22.2 Å². The SMILES string of the molecule is CC(C)COc1cc(C(C)(C)C)c2nc(-c3nnc(NC4CC(O)C4)o3)cc(N)c2c1. The molecule has 8 nitrogen and oxygen atoms in total. The number of fused-ring (bicyclic) bond motifs is 1. The predicted molar refractivity (Wildman–Crippen MR) is 121 cm³/mol. The number of nitrogens with two attached hydrogens (primary N) is 1. The zero-order chi connectivity index (χ0) is 22.3. The van der Waals surface area contributed by atoms with Crippen LogP contribution < -0.4 is 15.8 Å². The van der Waals surface area contributed by atoms with Gasteiger partial charge in [-0.05, 0) is 47.9 Å². The Morgan fingerprint density at radius 2 is 1.97 bits per heavy atom. The first-order valence-corrected chi connectivity index (χ1v) is 10.8. The summed E-state index contributed by atoms with van der Waals surface area (Å²) in [6.45, 7) is 11.3. The van der Waals surface area contributed by atoms with Gasteiger partial charge in [0.25, 0.3) is 5.89 Å². The molecule has 0 amide bonds. The molecular formula is C23H31N5O3. The Balaban J connectivity index is 1.71. The summed E-state index contributed by atoms with van der Waals surface area (Å²) in [6, 6.07) is 6.21. The molecule has 0 bridgehead atoms. The largest absolute Gasteiger partial charge is 0.493 e. The highest BCUT2D eigenvalue weighted by Crippen LogP contribution is 2.37. The Labute approximate surface area is 182 Å². The molecule has 0 radical (unpaired) electrons. The van der Waals surface area contributed by atoms with Crippen LogP contribution in [0.4, 0.5) is 11.7 Å². The molecule has 0 atom stereocenters. The van der Waals surface area contributed by atoms with Crippen molar-refractivity contribution >= 4 is 22.6 Å². The fourth-order valence-corrected chi connectivity index (χ4v) is 3.62. The molecule has 0 saturated heterocycles. The van der Waals surface area contributed by atoms with Gasteiger partial charge in [-0.2, -0.15) is 0 Å². The number of rotatable bonds is 6. The van der Waals surface area contributed by atoms with E-state index in [1.165, 1.54) is 0 Å². The second kappa shape index (κ2) is 8.00. The van der Waals surface area contributed by atoms with E-state index in [4.69, 9.17) is 19.9 Å². The number of pyridine rings is 1. The van der Waals surface area contributed by atoms with Gasteiger partial charge in [0.1, 0.15) is 11.4 Å². The summed E-state index contributed by atoms with van der Waals surface area (Å²) in [7, 11) is 0. The van der Waals surface area contributed by atoms with Gasteiger partial charge in [-0.25, -0.2) is 4.98 Å². The van der Waals surface area contributed by atoms with Crippen molar-refractivity contribution in [1.29, 1.82) is 0 Å². The molecule has 1 aliphatic carbocycles. The second-order valence-electron chi connectivity index (χ2n) is 9.80. The van der Waals surface area contributed by atoms with Crippen LogP contribution in [0.5, 0.6) is 5.75 Å². The molecule has 8 heteroatoms. The van der Waals surface area contributed by atoms with Crippen molar-refractivity contribution in [2.75, 3.05) is 17.7 Å². The summed E-state index contributed by atoms with van der Waals surface area (Å²) < 4.78 is 11.8. The summed E-state index contributed by atoms with van der Waals surface area (Å²) in [5.74, 6) is 1.52. The van der Waals surface area contributed by atoms with Crippen LogP contribution in [-0.4, -0.2) is 39.0 Å². The van der Waals surface area contributed by atoms with Gasteiger partial charge in [-0.1, -0.05) is 39.7 Å². The maximum absolute atomic E-state index is 9.44. The van der Waals surface area contributed by atoms with Gasteiger partial charge in [0.2, 0.25) is 0 Å². The lowest BCUT2D eigenvalue weighted by Gasteiger charge is -2.30. The smallest absolute Gasteiger partial charge is 0.316 e. The average molecular weight is 426 g/mol. The minimum absolute atomic E-state index is 0.148. The van der Waals surface area contributed by atoms with Crippen LogP contribution in [0, 0.1) is 5.92 Å². The van der Waals surface area contributed by atoms with Crippen molar-refractivity contribution in [3.8, 4) is 17.3 Å². The summed E-state index contributed by atoms with van der Waals surface area (Å²) >= 11 is 0. The standard InChI is InChI=1S/C23H31N5O3/c1-12(2)11-30-15-8-16-18(24)10-19(26-20(16)17(9-15)23(3,4)5)21-27-28-22(31-21)25-13-6-14(29)7-13/h8-10,12-14,29H,6-7,11H2,1-5H3,(H2,24,26)(H,25,28). The van der Waals surface area contributed by atoms with Crippen LogP contribution in [0.25, 0.3) is 22.5 Å². The van der Waals surface area contributed by atoms with E-state index in [1.807, 2.05) is 12.1 Å². The number of nitrogens with zero attached hydrogens (tertiary/aromatic N) is 3. The molecular weight excluding hydrogens is 394 g/mol. The molecule has 1 saturated carbocycles. The molecule has 3 aromatic rings. The van der Waals surface area contributed by atoms with Crippen LogP contribution in [0.15, 0.2) is 22.6 Å². The number of hydrogen-bond donors (Lipinski definition) is 3. The lowest BCUT2D eigenvalue weighted by molar-refractivity contribution is 0.0828. The summed E-state index contributed by atoms with van der Waals surface area (Å²) in [4.78, 5) is 4.85. The molecule has 1 aromatic carbocycles. The Hall–Kier alpha value is -2.87. The van der Waals surface area contributed by atoms with Crippen molar-refractivity contribution < 1.29 is 14.3 Å². The first-order valence-electron chi connectivity index (χ1n) is 10.8. The first kappa shape index (κ1) is 21.4. The number of nitrogen functional groups attached to an aromatic ring is 1. The van der Waals surface area contributed by atoms with E-state index >= 15 is 0 Å². The lowest BCUT2D eigenvalue weighted by Crippen LogP contribution is -2.39. The van der Waals surface area contributed by atoms with E-state index in [0.29, 0.717) is 48.7 Å². The number of aromatic nitrogens is 3. The molecule has 1 fully saturated rings. The number of aliphatic hydroxyl groups excluding tert-OH is 1. The van der Waals surface area contributed by atoms with E-state index in [1.54, 1.807) is 6.07 Å². The van der Waals surface area contributed by atoms with Gasteiger partial charge in [0.15, 0.2) is 0 Å². The summed E-state index contributed by atoms with van der Waals surface area (Å²) in [5.41, 5.74) is 9.22. The summed E-state index contributed by atoms with van der Waals surface area (Å²) in [6.07, 6.45) is 1.09. The van der Waals surface area contributed by atoms with E-state index in [9.17, 15) is 5.11 Å². The van der Waals surface area contributed by atoms with Crippen LogP contribution in [0.1, 0.15) is 53.0 Å². The topological polar surface area (TPSA) is 119 Å². The van der Waals surface area contributed by atoms with Gasteiger partial charge in [-0.3, -0.25) is 0 Å². The van der Waals surface area contributed by atoms with Crippen LogP contribution >= 0.6 is 0 Å². The molecule has 166 valence electrons. The number of anilines is 2. The quantitative estimate of drug-likeness (QED) is 0.539. The van der Waals surface area contributed by atoms with Crippen LogP contribution in [-0.2, 0) is 5.41 Å². The third kappa shape index (κ3) is 4.58. The highest BCUT2D eigenvalue weighted by atomic mass is 16.5. The summed E-state index contributed by atoms with van der Waals surface area (Å²) in [5, 5.41) is 21.6. The third-order valence-corrected chi connectivity index (χ3v) is 5.40. The third-order valence-electron chi connectivity index (χ3n) is 5.40. The van der Waals surface area contributed by atoms with Gasteiger partial charge in [0, 0.05) is 17.1 Å². The predicted octanol–water partition coefficient (Wildman–Crippen LogP) is 4.13. The zero-order valence-corrected chi connectivity index (χ0v) is 18.8. The highest BCUT2D eigenvalue weighted by molar-refractivity contribution is 5.95. The number of ether oxygens (including phenoxy) is 1. The van der Waals surface area contributed by atoms with E-state index in [-0.39, 0.29) is 17.6 Å². The Morgan fingerprint density at radius 3 is 2.61 bits per heavy atom. The fourth-order valence-electron chi connectivity index (χ4n) is 3.62. The van der Waals surface area contributed by atoms with Crippen LogP contribution in [0.3, 0.4) is 0 Å². The Morgan fingerprint density at radius 1 is 1.23 bits per heavy atom. The molecule has 31 heavy (non-hydrogen) atoms. The van der Waals surface area contributed by atoms with Gasteiger partial charge in [-0.15, -0.1) is 5.10 Å². The van der Waals surface area contributed by atoms with Gasteiger partial charge >= 0.3 is 6.01 Å². The maximum Gasteiger partial charge on any atom is 0.316 e. The molecule has 1 aliphatic rings. The average Bonchev–Trinajstić information content (AvgIpc) is 3.12. The molecule has 0 unspecified atom stereocenters. The number of benzene rings is 1. The molecule has 4 rings (SSSR count). The van der Waals surface area contributed by atoms with Crippen molar-refractivity contribution in [2.24, 2.45) is 5.92 Å². The minimum Gasteiger partial charge on any atom is -0.493 e. The highest BCUT2D eigenvalue weighted by Gasteiger charge is 2.28. The number of hydrogen-bond acceptors (Lipinski definition) is 8. The zero-order valence-electron chi connectivity index (χ0n) is 18.8. The van der Waals surface area contributed by atoms with Crippen molar-refractivity contribution in [2.45, 2.75) is 65.0 Å². The minimum atomic E-state index is -0.257. The van der Waals surface area contributed by atoms with Crippen molar-refractivity contribution in [3.63, 3.8) is 0 Å². The van der Waals surface area contributed by atoms with Crippen molar-refractivity contribution in [3.05, 3.63) is 23.8 Å². The second-order valence-corrected chi connectivity index (χ2v) is 9.80. The van der Waals surface area contributed by atoms with Crippen molar-refractivity contribution in [1.82, 2.24) is 15.2 Å². The molecule has 0 aliphatic heterocycles. The van der Waals surface area contributed by atoms with E-state index < -0.39 is 0 Å². The molecule has 4 N–H and O–H groups in total. The molecule has 2 heterocycles. The first-order chi connectivity index (χ1) is 14.6. The fraction of sp³-hybridized carbons (Fsp3) is 0.522. The van der Waals surface area contributed by atoms with Crippen LogP contribution in [0.2, 0.25) is 0 Å². The molecule has 0 spiro atoms.